The van der Waals surface area contributed by atoms with Crippen LogP contribution in [0.1, 0.15) is 181 Å². The van der Waals surface area contributed by atoms with E-state index in [1.165, 1.54) is 96.0 Å². The zero-order valence-corrected chi connectivity index (χ0v) is 36.1. The molecule has 1 fully saturated rings. The molecule has 57 heavy (non-hydrogen) atoms. The number of carbonyl (C=O) groups excluding carboxylic acids is 1. The summed E-state index contributed by atoms with van der Waals surface area (Å²) in [4.78, 5) is 23.3. The second-order valence-electron chi connectivity index (χ2n) is 16.1. The average Bonchev–Trinajstić information content (AvgIpc) is 3.18. The van der Waals surface area contributed by atoms with Crippen LogP contribution in [0.2, 0.25) is 0 Å². The van der Waals surface area contributed by atoms with Gasteiger partial charge in [0.2, 0.25) is 5.91 Å². The number of nitrogens with one attached hydrogen (secondary N) is 1. The predicted octanol–water partition coefficient (Wildman–Crippen LogP) is 6.81. The summed E-state index contributed by atoms with van der Waals surface area (Å²) < 4.78 is 22.8. The molecule has 0 aliphatic heterocycles. The summed E-state index contributed by atoms with van der Waals surface area (Å²) in [5.41, 5.74) is 0. The predicted molar refractivity (Wildman–Crippen MR) is 224 cm³/mol. The largest absolute Gasteiger partial charge is 0.472 e. The average molecular weight is 836 g/mol. The zero-order valence-electron chi connectivity index (χ0n) is 35.3. The molecule has 0 radical (unpaired) electrons. The summed E-state index contributed by atoms with van der Waals surface area (Å²) in [7, 11) is -5.14. The maximum absolute atomic E-state index is 12.9. The fourth-order valence-corrected chi connectivity index (χ4v) is 8.01. The van der Waals surface area contributed by atoms with E-state index in [2.05, 4.69) is 31.3 Å². The number of hydrogen-bond donors (Lipinski definition) is 9. The molecule has 1 aliphatic carbocycles. The first-order chi connectivity index (χ1) is 27.3. The minimum Gasteiger partial charge on any atom is -0.393 e. The van der Waals surface area contributed by atoms with Crippen LogP contribution in [0.4, 0.5) is 0 Å². The zero-order chi connectivity index (χ0) is 42.3. The number of aliphatic hydroxyl groups excluding tert-OH is 7. The number of unbranched alkanes of at least 4 members (excludes halogenated alkanes) is 21. The molecule has 1 aliphatic rings. The second kappa shape index (κ2) is 33.5. The molecule has 336 valence electrons. The lowest BCUT2D eigenvalue weighted by Gasteiger charge is -2.41. The first-order valence-electron chi connectivity index (χ1n) is 22.4. The number of phosphoric acid groups is 1. The van der Waals surface area contributed by atoms with Gasteiger partial charge in [-0.25, -0.2) is 4.57 Å². The Morgan fingerprint density at radius 3 is 1.54 bits per heavy atom. The summed E-state index contributed by atoms with van der Waals surface area (Å²) >= 11 is 0. The standard InChI is InChI=1S/C43H82NO12P/c1-3-5-7-9-11-13-14-15-16-17-18-19-20-21-23-25-27-29-31-36(46)35(44-37(47)32-34(45)30-28-26-24-22-12-10-8-6-4-2)33-55-57(53,54)56-43-41(51)39(49)38(48)40(50)42(43)52/h10,12,29,31,34-36,38-43,45-46,48-52H,3-9,11,13-28,30,32-33H2,1-2H3,(H,44,47)(H,53,54)/b12-10-,31-29+. The second-order valence-corrected chi connectivity index (χ2v) is 17.5. The Kier molecular flexibility index (Phi) is 31.6. The minimum absolute atomic E-state index is 0.255. The Morgan fingerprint density at radius 1 is 0.614 bits per heavy atom. The molecule has 14 heteroatoms. The van der Waals surface area contributed by atoms with Gasteiger partial charge >= 0.3 is 7.82 Å². The smallest absolute Gasteiger partial charge is 0.393 e. The van der Waals surface area contributed by atoms with E-state index in [1.54, 1.807) is 6.08 Å². The normalized spacial score (nSPS) is 24.2. The number of amides is 1. The van der Waals surface area contributed by atoms with Gasteiger partial charge < -0.3 is 46.0 Å². The van der Waals surface area contributed by atoms with E-state index in [0.717, 1.165) is 57.8 Å². The van der Waals surface area contributed by atoms with E-state index in [9.17, 15) is 50.0 Å². The molecule has 1 amide bonds. The van der Waals surface area contributed by atoms with Crippen molar-refractivity contribution in [2.45, 2.75) is 236 Å². The third-order valence-corrected chi connectivity index (χ3v) is 11.8. The van der Waals surface area contributed by atoms with Crippen molar-refractivity contribution in [1.29, 1.82) is 0 Å². The number of aliphatic hydroxyl groups is 7. The number of rotatable bonds is 36. The van der Waals surface area contributed by atoms with E-state index < -0.39 is 75.2 Å². The van der Waals surface area contributed by atoms with Crippen molar-refractivity contribution in [3.05, 3.63) is 24.3 Å². The van der Waals surface area contributed by atoms with Crippen LogP contribution in [-0.4, -0.2) is 108 Å². The van der Waals surface area contributed by atoms with Crippen molar-refractivity contribution in [3.8, 4) is 0 Å². The molecule has 0 saturated heterocycles. The van der Waals surface area contributed by atoms with E-state index in [1.807, 2.05) is 0 Å². The lowest BCUT2D eigenvalue weighted by molar-refractivity contribution is -0.220. The van der Waals surface area contributed by atoms with Gasteiger partial charge in [0.05, 0.1) is 31.3 Å². The molecule has 0 aromatic carbocycles. The molecule has 1 rings (SSSR count). The van der Waals surface area contributed by atoms with Gasteiger partial charge in [0, 0.05) is 0 Å². The summed E-state index contributed by atoms with van der Waals surface area (Å²) in [6.07, 6.45) is 21.4. The molecule has 0 aromatic rings. The molecule has 0 heterocycles. The third kappa shape index (κ3) is 25.9. The number of hydrogen-bond acceptors (Lipinski definition) is 11. The van der Waals surface area contributed by atoms with Gasteiger partial charge in [-0.2, -0.15) is 0 Å². The van der Waals surface area contributed by atoms with Gasteiger partial charge in [0.15, 0.2) is 0 Å². The van der Waals surface area contributed by atoms with E-state index in [0.29, 0.717) is 12.8 Å². The first-order valence-corrected chi connectivity index (χ1v) is 23.9. The molecule has 8 unspecified atom stereocenters. The number of phosphoric ester groups is 1. The Balaban J connectivity index is 2.57. The Bertz CT molecular complexity index is 1080. The Morgan fingerprint density at radius 2 is 1.04 bits per heavy atom. The van der Waals surface area contributed by atoms with Crippen LogP contribution >= 0.6 is 7.82 Å². The molecule has 1 saturated carbocycles. The van der Waals surface area contributed by atoms with Crippen LogP contribution in [0, 0.1) is 0 Å². The molecule has 0 aromatic heterocycles. The van der Waals surface area contributed by atoms with Crippen LogP contribution in [-0.2, 0) is 18.4 Å². The van der Waals surface area contributed by atoms with Crippen molar-refractivity contribution in [1.82, 2.24) is 5.32 Å². The SMILES string of the molecule is CCCC/C=C\CCCCCC(O)CC(=O)NC(COP(=O)(O)OC1C(O)C(O)C(O)C(O)C1O)C(O)/C=C/CCCCCCCCCCCCCCCCCC. The van der Waals surface area contributed by atoms with Gasteiger partial charge in [-0.05, 0) is 38.5 Å². The molecule has 9 N–H and O–H groups in total. The minimum atomic E-state index is -5.14. The topological polar surface area (TPSA) is 226 Å². The van der Waals surface area contributed by atoms with E-state index in [-0.39, 0.29) is 6.42 Å². The highest BCUT2D eigenvalue weighted by Gasteiger charge is 2.51. The molecular formula is C43H82NO12P. The van der Waals surface area contributed by atoms with E-state index in [4.69, 9.17) is 9.05 Å². The Hall–Kier alpha value is -1.22. The fraction of sp³-hybridized carbons (Fsp3) is 0.884. The van der Waals surface area contributed by atoms with E-state index >= 15 is 0 Å². The van der Waals surface area contributed by atoms with Crippen LogP contribution < -0.4 is 5.32 Å². The first kappa shape index (κ1) is 53.8. The maximum Gasteiger partial charge on any atom is 0.472 e. The van der Waals surface area contributed by atoms with Crippen molar-refractivity contribution < 1.29 is 59.0 Å². The number of allylic oxidation sites excluding steroid dienone is 3. The van der Waals surface area contributed by atoms with Crippen molar-refractivity contribution in [2.24, 2.45) is 0 Å². The highest BCUT2D eigenvalue weighted by Crippen LogP contribution is 2.47. The highest BCUT2D eigenvalue weighted by molar-refractivity contribution is 7.47. The quantitative estimate of drug-likeness (QED) is 0.0180. The van der Waals surface area contributed by atoms with Crippen molar-refractivity contribution >= 4 is 13.7 Å². The monoisotopic (exact) mass is 836 g/mol. The molecular weight excluding hydrogens is 753 g/mol. The molecule has 0 spiro atoms. The highest BCUT2D eigenvalue weighted by atomic mass is 31.2. The summed E-state index contributed by atoms with van der Waals surface area (Å²) in [6.45, 7) is 3.67. The Labute approximate surface area is 344 Å². The summed E-state index contributed by atoms with van der Waals surface area (Å²) in [5, 5.41) is 74.2. The van der Waals surface area contributed by atoms with Crippen LogP contribution in [0.25, 0.3) is 0 Å². The van der Waals surface area contributed by atoms with Gasteiger partial charge in [-0.1, -0.05) is 160 Å². The van der Waals surface area contributed by atoms with Crippen molar-refractivity contribution in [3.63, 3.8) is 0 Å². The van der Waals surface area contributed by atoms with Crippen LogP contribution in [0.5, 0.6) is 0 Å². The lowest BCUT2D eigenvalue weighted by atomic mass is 9.85. The van der Waals surface area contributed by atoms with Gasteiger partial charge in [0.1, 0.15) is 36.6 Å². The fourth-order valence-electron chi connectivity index (χ4n) is 7.04. The van der Waals surface area contributed by atoms with Gasteiger partial charge in [-0.3, -0.25) is 13.8 Å². The van der Waals surface area contributed by atoms with Crippen LogP contribution in [0.3, 0.4) is 0 Å². The molecule has 0 bridgehead atoms. The molecule has 13 nitrogen and oxygen atoms in total. The lowest BCUT2D eigenvalue weighted by Crippen LogP contribution is -2.64. The number of carbonyl (C=O) groups is 1. The maximum atomic E-state index is 12.9. The third-order valence-electron chi connectivity index (χ3n) is 10.8. The van der Waals surface area contributed by atoms with Gasteiger partial charge in [-0.15, -0.1) is 0 Å². The summed E-state index contributed by atoms with van der Waals surface area (Å²) in [5.74, 6) is -0.604. The summed E-state index contributed by atoms with van der Waals surface area (Å²) in [6, 6.07) is -1.24. The van der Waals surface area contributed by atoms with Gasteiger partial charge in [0.25, 0.3) is 0 Å². The molecule has 8 atom stereocenters. The van der Waals surface area contributed by atoms with Crippen molar-refractivity contribution in [2.75, 3.05) is 6.61 Å². The van der Waals surface area contributed by atoms with Crippen LogP contribution in [0.15, 0.2) is 24.3 Å².